The van der Waals surface area contributed by atoms with Crippen LogP contribution in [0.4, 0.5) is 4.39 Å². The molecule has 0 saturated carbocycles. The summed E-state index contributed by atoms with van der Waals surface area (Å²) >= 11 is 0. The molecule has 0 unspecified atom stereocenters. The molecule has 0 spiro atoms. The SMILES string of the molecule is CNCc1c(C)cc(C)nc1OCc1ccccc1F. The molecule has 0 radical (unpaired) electrons. The quantitative estimate of drug-likeness (QED) is 0.909. The molecular formula is C16H19FN2O. The Morgan fingerprint density at radius 3 is 2.70 bits per heavy atom. The van der Waals surface area contributed by atoms with E-state index in [9.17, 15) is 4.39 Å². The Morgan fingerprint density at radius 1 is 1.25 bits per heavy atom. The Balaban J connectivity index is 2.22. The molecular weight excluding hydrogens is 255 g/mol. The predicted octanol–water partition coefficient (Wildman–Crippen LogP) is 3.14. The minimum atomic E-state index is -0.257. The molecule has 1 N–H and O–H groups in total. The second-order valence-electron chi connectivity index (χ2n) is 4.77. The molecule has 106 valence electrons. The van der Waals surface area contributed by atoms with Gasteiger partial charge in [-0.3, -0.25) is 0 Å². The maximum Gasteiger partial charge on any atom is 0.218 e. The number of hydrogen-bond acceptors (Lipinski definition) is 3. The number of nitrogens with zero attached hydrogens (tertiary/aromatic N) is 1. The topological polar surface area (TPSA) is 34.2 Å². The van der Waals surface area contributed by atoms with Gasteiger partial charge in [0.15, 0.2) is 0 Å². The minimum Gasteiger partial charge on any atom is -0.472 e. The molecule has 0 aliphatic heterocycles. The molecule has 0 bridgehead atoms. The number of halogens is 1. The third kappa shape index (κ3) is 3.33. The number of aromatic nitrogens is 1. The highest BCUT2D eigenvalue weighted by Crippen LogP contribution is 2.22. The minimum absolute atomic E-state index is 0.180. The molecule has 0 aliphatic carbocycles. The van der Waals surface area contributed by atoms with Crippen LogP contribution in [0, 0.1) is 19.7 Å². The molecule has 2 rings (SSSR count). The highest BCUT2D eigenvalue weighted by molar-refractivity contribution is 5.36. The lowest BCUT2D eigenvalue weighted by Crippen LogP contribution is -2.11. The summed E-state index contributed by atoms with van der Waals surface area (Å²) in [6.45, 7) is 4.80. The van der Waals surface area contributed by atoms with E-state index in [0.29, 0.717) is 18.0 Å². The Bertz CT molecular complexity index is 599. The van der Waals surface area contributed by atoms with Gasteiger partial charge >= 0.3 is 0 Å². The van der Waals surface area contributed by atoms with Crippen LogP contribution in [0.25, 0.3) is 0 Å². The van der Waals surface area contributed by atoms with Crippen molar-refractivity contribution in [1.82, 2.24) is 10.3 Å². The molecule has 0 saturated heterocycles. The van der Waals surface area contributed by atoms with Crippen molar-refractivity contribution in [3.05, 3.63) is 58.5 Å². The van der Waals surface area contributed by atoms with Crippen LogP contribution >= 0.6 is 0 Å². The van der Waals surface area contributed by atoms with E-state index >= 15 is 0 Å². The van der Waals surface area contributed by atoms with Gasteiger partial charge in [-0.2, -0.15) is 0 Å². The van der Waals surface area contributed by atoms with E-state index in [1.807, 2.05) is 27.0 Å². The second kappa shape index (κ2) is 6.48. The number of pyridine rings is 1. The van der Waals surface area contributed by atoms with Crippen molar-refractivity contribution < 1.29 is 9.13 Å². The number of aryl methyl sites for hydroxylation is 2. The van der Waals surface area contributed by atoms with Gasteiger partial charge < -0.3 is 10.1 Å². The summed E-state index contributed by atoms with van der Waals surface area (Å²) in [7, 11) is 1.87. The summed E-state index contributed by atoms with van der Waals surface area (Å²) in [5, 5.41) is 3.10. The molecule has 0 amide bonds. The molecule has 1 aromatic carbocycles. The fourth-order valence-corrected chi connectivity index (χ4v) is 2.10. The van der Waals surface area contributed by atoms with Crippen molar-refractivity contribution in [3.8, 4) is 5.88 Å². The molecule has 1 heterocycles. The van der Waals surface area contributed by atoms with Crippen LogP contribution in [-0.4, -0.2) is 12.0 Å². The van der Waals surface area contributed by atoms with E-state index in [-0.39, 0.29) is 12.4 Å². The van der Waals surface area contributed by atoms with Crippen LogP contribution in [-0.2, 0) is 13.2 Å². The number of nitrogens with one attached hydrogen (secondary N) is 1. The van der Waals surface area contributed by atoms with E-state index < -0.39 is 0 Å². The highest BCUT2D eigenvalue weighted by atomic mass is 19.1. The van der Waals surface area contributed by atoms with Crippen LogP contribution in [0.5, 0.6) is 5.88 Å². The fraction of sp³-hybridized carbons (Fsp3) is 0.312. The number of rotatable bonds is 5. The number of hydrogen-bond donors (Lipinski definition) is 1. The van der Waals surface area contributed by atoms with Crippen molar-refractivity contribution in [3.63, 3.8) is 0 Å². The van der Waals surface area contributed by atoms with Gasteiger partial charge in [-0.05, 0) is 38.6 Å². The number of benzene rings is 1. The summed E-state index contributed by atoms with van der Waals surface area (Å²) in [5.74, 6) is 0.312. The molecule has 0 fully saturated rings. The molecule has 3 nitrogen and oxygen atoms in total. The Hall–Kier alpha value is -1.94. The first-order valence-electron chi connectivity index (χ1n) is 6.59. The largest absolute Gasteiger partial charge is 0.472 e. The predicted molar refractivity (Wildman–Crippen MR) is 77.2 cm³/mol. The van der Waals surface area contributed by atoms with Gasteiger partial charge in [0.2, 0.25) is 5.88 Å². The molecule has 20 heavy (non-hydrogen) atoms. The number of ether oxygens (including phenoxy) is 1. The van der Waals surface area contributed by atoms with Gasteiger partial charge in [0.05, 0.1) is 0 Å². The van der Waals surface area contributed by atoms with Crippen LogP contribution in [0.2, 0.25) is 0 Å². The van der Waals surface area contributed by atoms with Crippen LogP contribution in [0.3, 0.4) is 0 Å². The molecule has 2 aromatic rings. The summed E-state index contributed by atoms with van der Waals surface area (Å²) in [6.07, 6.45) is 0. The zero-order valence-corrected chi connectivity index (χ0v) is 12.0. The molecule has 4 heteroatoms. The normalized spacial score (nSPS) is 10.6. The van der Waals surface area contributed by atoms with E-state index in [1.54, 1.807) is 18.2 Å². The van der Waals surface area contributed by atoms with E-state index in [1.165, 1.54) is 6.07 Å². The third-order valence-corrected chi connectivity index (χ3v) is 3.11. The summed E-state index contributed by atoms with van der Waals surface area (Å²) < 4.78 is 19.3. The van der Waals surface area contributed by atoms with Crippen molar-refractivity contribution in [2.24, 2.45) is 0 Å². The van der Waals surface area contributed by atoms with Gasteiger partial charge in [0.1, 0.15) is 12.4 Å². The second-order valence-corrected chi connectivity index (χ2v) is 4.77. The van der Waals surface area contributed by atoms with Gasteiger partial charge in [0, 0.05) is 23.4 Å². The fourth-order valence-electron chi connectivity index (χ4n) is 2.10. The summed E-state index contributed by atoms with van der Waals surface area (Å²) in [6, 6.07) is 8.63. The Kier molecular flexibility index (Phi) is 4.69. The van der Waals surface area contributed by atoms with Crippen LogP contribution in [0.15, 0.2) is 30.3 Å². The van der Waals surface area contributed by atoms with E-state index in [2.05, 4.69) is 10.3 Å². The Labute approximate surface area is 118 Å². The smallest absolute Gasteiger partial charge is 0.218 e. The first-order chi connectivity index (χ1) is 9.61. The highest BCUT2D eigenvalue weighted by Gasteiger charge is 2.10. The van der Waals surface area contributed by atoms with Gasteiger partial charge in [-0.1, -0.05) is 18.2 Å². The first kappa shape index (κ1) is 14.5. The lowest BCUT2D eigenvalue weighted by molar-refractivity contribution is 0.283. The lowest BCUT2D eigenvalue weighted by atomic mass is 10.1. The van der Waals surface area contributed by atoms with E-state index in [0.717, 1.165) is 16.8 Å². The first-order valence-corrected chi connectivity index (χ1v) is 6.59. The van der Waals surface area contributed by atoms with E-state index in [4.69, 9.17) is 4.74 Å². The summed E-state index contributed by atoms with van der Waals surface area (Å²) in [4.78, 5) is 4.41. The standard InChI is InChI=1S/C16H19FN2O/c1-11-8-12(2)19-16(14(11)9-18-3)20-10-13-6-4-5-7-15(13)17/h4-8,18H,9-10H2,1-3H3. The van der Waals surface area contributed by atoms with Crippen molar-refractivity contribution in [2.45, 2.75) is 27.0 Å². The van der Waals surface area contributed by atoms with Gasteiger partial charge in [-0.15, -0.1) is 0 Å². The monoisotopic (exact) mass is 274 g/mol. The average molecular weight is 274 g/mol. The summed E-state index contributed by atoms with van der Waals surface area (Å²) in [5.41, 5.74) is 3.56. The maximum atomic E-state index is 13.6. The van der Waals surface area contributed by atoms with Gasteiger partial charge in [-0.25, -0.2) is 9.37 Å². The third-order valence-electron chi connectivity index (χ3n) is 3.11. The van der Waals surface area contributed by atoms with Crippen LogP contribution in [0.1, 0.15) is 22.4 Å². The van der Waals surface area contributed by atoms with Crippen molar-refractivity contribution in [2.75, 3.05) is 7.05 Å². The lowest BCUT2D eigenvalue weighted by Gasteiger charge is -2.14. The molecule has 0 atom stereocenters. The average Bonchev–Trinajstić information content (AvgIpc) is 2.41. The zero-order valence-electron chi connectivity index (χ0n) is 12.0. The van der Waals surface area contributed by atoms with Crippen molar-refractivity contribution >= 4 is 0 Å². The molecule has 1 aromatic heterocycles. The maximum absolute atomic E-state index is 13.6. The van der Waals surface area contributed by atoms with Crippen LogP contribution < -0.4 is 10.1 Å². The zero-order chi connectivity index (χ0) is 14.5. The Morgan fingerprint density at radius 2 is 2.00 bits per heavy atom. The van der Waals surface area contributed by atoms with Crippen molar-refractivity contribution in [1.29, 1.82) is 0 Å². The molecule has 0 aliphatic rings. The van der Waals surface area contributed by atoms with Gasteiger partial charge in [0.25, 0.3) is 0 Å².